The lowest BCUT2D eigenvalue weighted by molar-refractivity contribution is -0.175. The van der Waals surface area contributed by atoms with Gasteiger partial charge in [-0.2, -0.15) is 36.3 Å². The number of hydrogen-bond acceptors (Lipinski definition) is 16. The van der Waals surface area contributed by atoms with Gasteiger partial charge in [0.1, 0.15) is 21.5 Å². The number of methoxy groups -OCH3 is 2. The number of aryl methyl sites for hydroxylation is 2. The maximum absolute atomic E-state index is 13.0. The molecule has 2 atom stereocenters. The number of rotatable bonds is 15. The van der Waals surface area contributed by atoms with Crippen molar-refractivity contribution < 1.29 is 62.2 Å². The highest BCUT2D eigenvalue weighted by atomic mass is 35.5. The highest BCUT2D eigenvalue weighted by Crippen LogP contribution is 2.47. The Bertz CT molecular complexity index is 3690. The third kappa shape index (κ3) is 15.7. The largest absolute Gasteiger partial charge is 0.495 e. The second kappa shape index (κ2) is 26.5. The zero-order chi connectivity index (χ0) is 63.4. The molecule has 0 bridgehead atoms. The van der Waals surface area contributed by atoms with Crippen molar-refractivity contribution in [3.05, 3.63) is 123 Å². The average Bonchev–Trinajstić information content (AvgIpc) is 1.20. The van der Waals surface area contributed by atoms with E-state index in [0.29, 0.717) is 54.2 Å². The molecule has 1 amide bonds. The van der Waals surface area contributed by atoms with E-state index >= 15 is 0 Å². The Morgan fingerprint density at radius 3 is 1.65 bits per heavy atom. The molecular formula is C57H64Cl3F6N9O8S2. The summed E-state index contributed by atoms with van der Waals surface area (Å²) in [7, 11) is -4.05. The van der Waals surface area contributed by atoms with Gasteiger partial charge in [0.25, 0.3) is 0 Å². The summed E-state index contributed by atoms with van der Waals surface area (Å²) in [6.45, 7) is 13.7. The van der Waals surface area contributed by atoms with E-state index in [-0.39, 0.29) is 54.3 Å². The summed E-state index contributed by atoms with van der Waals surface area (Å²) in [4.78, 5) is 39.7. The number of carbonyl (C=O) groups is 2. The summed E-state index contributed by atoms with van der Waals surface area (Å²) in [6.07, 6.45) is -5.64. The number of nitrogens with two attached hydrogens (primary N) is 1. The Labute approximate surface area is 504 Å². The summed E-state index contributed by atoms with van der Waals surface area (Å²) in [5, 5.41) is 10.3. The fraction of sp³-hybridized carbons (Fsp3) is 0.404. The molecule has 8 rings (SSSR count). The Morgan fingerprint density at radius 1 is 0.659 bits per heavy atom. The molecule has 460 valence electrons. The minimum atomic E-state index is -4.99. The number of fused-ring (bicyclic) bond motifs is 2. The van der Waals surface area contributed by atoms with Gasteiger partial charge in [-0.05, 0) is 147 Å². The lowest BCUT2D eigenvalue weighted by atomic mass is 9.64. The first kappa shape index (κ1) is 67.5. The monoisotopic (exact) mass is 1290 g/mol. The number of ether oxygens (including phenoxy) is 2. The lowest BCUT2D eigenvalue weighted by Crippen LogP contribution is -2.53. The van der Waals surface area contributed by atoms with Gasteiger partial charge in [0.05, 0.1) is 69.7 Å². The van der Waals surface area contributed by atoms with Gasteiger partial charge in [0, 0.05) is 17.9 Å². The van der Waals surface area contributed by atoms with Crippen LogP contribution in [0.25, 0.3) is 0 Å². The maximum atomic E-state index is 13.0. The number of benzene rings is 4. The molecule has 0 aliphatic heterocycles. The van der Waals surface area contributed by atoms with Gasteiger partial charge in [-0.25, -0.2) is 26.8 Å². The van der Waals surface area contributed by atoms with Gasteiger partial charge < -0.3 is 36.5 Å². The van der Waals surface area contributed by atoms with Crippen LogP contribution < -0.4 is 36.5 Å². The molecule has 2 unspecified atom stereocenters. The van der Waals surface area contributed by atoms with Gasteiger partial charge in [0.2, 0.25) is 17.0 Å². The predicted octanol–water partition coefficient (Wildman–Crippen LogP) is 13.4. The first-order valence-electron chi connectivity index (χ1n) is 26.3. The Hall–Kier alpha value is -6.67. The lowest BCUT2D eigenvalue weighted by Gasteiger charge is -2.41. The number of nitrogen functional groups attached to an aromatic ring is 1. The van der Waals surface area contributed by atoms with Gasteiger partial charge >= 0.3 is 18.3 Å². The normalized spacial score (nSPS) is 16.3. The van der Waals surface area contributed by atoms with Crippen molar-refractivity contribution in [2.45, 2.75) is 137 Å². The van der Waals surface area contributed by atoms with Crippen LogP contribution in [0.2, 0.25) is 15.3 Å². The Morgan fingerprint density at radius 2 is 1.14 bits per heavy atom. The van der Waals surface area contributed by atoms with Gasteiger partial charge in [0.15, 0.2) is 31.3 Å². The molecule has 6 aromatic rings. The number of alkyl halides is 6. The van der Waals surface area contributed by atoms with Crippen molar-refractivity contribution in [2.75, 3.05) is 35.9 Å². The van der Waals surface area contributed by atoms with E-state index in [2.05, 4.69) is 41.2 Å². The minimum Gasteiger partial charge on any atom is -0.495 e. The number of Topliss-reactive ketones (excluding diaryl/α,β-unsaturated/α-hetero) is 1. The number of aromatic nitrogens is 4. The van der Waals surface area contributed by atoms with Gasteiger partial charge in [-0.15, -0.1) is 0 Å². The van der Waals surface area contributed by atoms with Crippen LogP contribution in [0.4, 0.5) is 66.7 Å². The maximum Gasteiger partial charge on any atom is 0.471 e. The van der Waals surface area contributed by atoms with Crippen LogP contribution in [-0.2, 0) is 52.9 Å². The molecule has 6 N–H and O–H groups in total. The summed E-state index contributed by atoms with van der Waals surface area (Å²) in [5.41, 5.74) is 9.62. The molecule has 2 heterocycles. The molecule has 2 aromatic heterocycles. The number of amides is 1. The molecule has 17 nitrogen and oxygen atoms in total. The molecule has 0 spiro atoms. The summed E-state index contributed by atoms with van der Waals surface area (Å²) in [5.74, 6) is -2.48. The molecule has 0 saturated heterocycles. The van der Waals surface area contributed by atoms with Crippen LogP contribution in [0.15, 0.2) is 95.0 Å². The predicted molar refractivity (Wildman–Crippen MR) is 317 cm³/mol. The quantitative estimate of drug-likeness (QED) is 0.0364. The van der Waals surface area contributed by atoms with E-state index < -0.39 is 77.5 Å². The molecule has 85 heavy (non-hydrogen) atoms. The van der Waals surface area contributed by atoms with Crippen molar-refractivity contribution in [1.29, 1.82) is 0 Å². The van der Waals surface area contributed by atoms with Crippen molar-refractivity contribution in [3.63, 3.8) is 0 Å². The third-order valence-electron chi connectivity index (χ3n) is 14.8. The van der Waals surface area contributed by atoms with Gasteiger partial charge in [-0.3, -0.25) is 9.59 Å². The summed E-state index contributed by atoms with van der Waals surface area (Å²) >= 11 is 18.1. The van der Waals surface area contributed by atoms with Crippen LogP contribution in [0.5, 0.6) is 11.5 Å². The standard InChI is InChI=1S/C28H31ClF3N5O4S.C16H20F3NO2.C13H13Cl2N3O2S/c1-15(2)42(39,40)22-9-7-6-8-19(22)34-24-18(29)14-33-26(37-24)35-20-13-17-16(12-21(20)41-5)10-11-23(27(17,3)4)36-25(38)28(30,31)32;1-15(2)10(7-14(21)16(17,18)19)5-4-9-6-13(22-3)12(20)8-11(9)15;1-8(2)21(19,20)11-6-4-3-5-10(11)17-12-9(14)7-16-13(15)18-12/h6-9,12-15,23H,10-11H2,1-5H3,(H,36,38)(H2,33,34,35,37);6,8,10H,4-5,7,20H2,1-3H3;3-8H,1-2H3,(H,16,17,18). The number of nitrogens with one attached hydrogen (secondary N) is 4. The van der Waals surface area contributed by atoms with Crippen molar-refractivity contribution in [3.8, 4) is 11.5 Å². The number of para-hydroxylation sites is 2. The minimum absolute atomic E-state index is 0.0195. The topological polar surface area (TPSA) is 247 Å². The van der Waals surface area contributed by atoms with Crippen LogP contribution >= 0.6 is 34.8 Å². The smallest absolute Gasteiger partial charge is 0.471 e. The number of hydrogen-bond donors (Lipinski definition) is 5. The zero-order valence-corrected chi connectivity index (χ0v) is 51.7. The van der Waals surface area contributed by atoms with Crippen LogP contribution in [0, 0.1) is 5.92 Å². The van der Waals surface area contributed by atoms with Crippen molar-refractivity contribution in [1.82, 2.24) is 25.3 Å². The van der Waals surface area contributed by atoms with Crippen molar-refractivity contribution in [2.24, 2.45) is 5.92 Å². The van der Waals surface area contributed by atoms with Crippen LogP contribution in [0.1, 0.15) is 96.9 Å². The van der Waals surface area contributed by atoms with Crippen LogP contribution in [-0.4, -0.2) is 91.6 Å². The average molecular weight is 1290 g/mol. The Balaban J connectivity index is 0.000000226. The molecular weight excluding hydrogens is 1220 g/mol. The molecule has 2 aliphatic rings. The summed E-state index contributed by atoms with van der Waals surface area (Å²) < 4.78 is 138. The van der Waals surface area contributed by atoms with E-state index in [1.54, 1.807) is 96.1 Å². The number of carbonyl (C=O) groups excluding carboxylic acids is 2. The SMILES string of the molecule is CC(C)S(=O)(=O)c1ccccc1Nc1nc(Cl)ncc1Cl.COc1cc2c(cc1N)C(C)(C)C(CC(=O)C(F)(F)F)CC2.COc1cc2c(cc1Nc1ncc(Cl)c(Nc3ccccc3S(=O)(=O)C(C)C)n1)C(C)(C)C(NC(=O)C(F)(F)F)CC2. The van der Waals surface area contributed by atoms with E-state index in [4.69, 9.17) is 50.0 Å². The zero-order valence-electron chi connectivity index (χ0n) is 47.8. The number of nitrogens with zero attached hydrogens (tertiary/aromatic N) is 4. The fourth-order valence-electron chi connectivity index (χ4n) is 9.73. The molecule has 4 aromatic carbocycles. The van der Waals surface area contributed by atoms with Crippen LogP contribution in [0.3, 0.4) is 0 Å². The van der Waals surface area contributed by atoms with Gasteiger partial charge in [-0.1, -0.05) is 75.2 Å². The summed E-state index contributed by atoms with van der Waals surface area (Å²) in [6, 6.07) is 19.3. The van der Waals surface area contributed by atoms with E-state index in [1.165, 1.54) is 38.7 Å². The first-order chi connectivity index (χ1) is 39.4. The van der Waals surface area contributed by atoms with Crippen molar-refractivity contribution >= 4 is 107 Å². The molecule has 0 saturated carbocycles. The molecule has 0 radical (unpaired) electrons. The first-order valence-corrected chi connectivity index (χ1v) is 30.5. The number of sulfone groups is 2. The highest BCUT2D eigenvalue weighted by molar-refractivity contribution is 7.92. The Kier molecular flexibility index (Phi) is 21.1. The number of ketones is 1. The van der Waals surface area contributed by atoms with E-state index in [1.807, 2.05) is 19.9 Å². The highest BCUT2D eigenvalue weighted by Gasteiger charge is 2.46. The number of anilines is 7. The fourth-order valence-corrected chi connectivity index (χ4v) is 12.5. The third-order valence-corrected chi connectivity index (χ3v) is 19.9. The second-order valence-electron chi connectivity index (χ2n) is 21.6. The van der Waals surface area contributed by atoms with E-state index in [0.717, 1.165) is 22.3 Å². The number of halogens is 9. The molecule has 2 aliphatic carbocycles. The molecule has 28 heteroatoms. The second-order valence-corrected chi connectivity index (χ2v) is 27.7. The molecule has 0 fully saturated rings. The van der Waals surface area contributed by atoms with E-state index in [9.17, 15) is 52.8 Å².